The van der Waals surface area contributed by atoms with E-state index in [4.69, 9.17) is 10.2 Å². The van der Waals surface area contributed by atoms with Crippen molar-refractivity contribution < 1.29 is 29.7 Å². The first-order valence-corrected chi connectivity index (χ1v) is 8.74. The topological polar surface area (TPSA) is 118 Å². The maximum atomic E-state index is 11.3. The lowest BCUT2D eigenvalue weighted by atomic mass is 9.73. The number of carbonyl (C=O) groups is 3. The second-order valence-electron chi connectivity index (χ2n) is 7.14. The summed E-state index contributed by atoms with van der Waals surface area (Å²) in [7, 11) is 3.82. The molecule has 144 valence electrons. The van der Waals surface area contributed by atoms with Crippen LogP contribution < -0.4 is 0 Å². The van der Waals surface area contributed by atoms with Crippen molar-refractivity contribution in [3.8, 4) is 0 Å². The zero-order chi connectivity index (χ0) is 19.0. The molecule has 1 fully saturated rings. The van der Waals surface area contributed by atoms with Gasteiger partial charge in [0.1, 0.15) is 0 Å². The lowest BCUT2D eigenvalue weighted by Crippen LogP contribution is -2.49. The average molecular weight is 358 g/mol. The number of hydrogen-bond donors (Lipinski definition) is 3. The number of aliphatic carboxylic acids is 3. The van der Waals surface area contributed by atoms with Crippen LogP contribution in [0.5, 0.6) is 0 Å². The number of nitrogens with zero attached hydrogens (tertiary/aromatic N) is 2. The second-order valence-corrected chi connectivity index (χ2v) is 7.14. The van der Waals surface area contributed by atoms with E-state index in [0.717, 1.165) is 25.7 Å². The Morgan fingerprint density at radius 1 is 0.920 bits per heavy atom. The molecule has 0 saturated heterocycles. The summed E-state index contributed by atoms with van der Waals surface area (Å²) < 4.78 is 0. The standard InChI is InChI=1S/C17H30N2O6/c1-18(2)7-8-19(11-17(24)25)14-6-4-3-5-13(14)12(9-15(20)21)10-16(22)23/h12-14H,3-11H2,1-2H3,(H,20,21)(H,22,23)(H,24,25). The first-order chi connectivity index (χ1) is 11.7. The van der Waals surface area contributed by atoms with Crippen LogP contribution in [0.25, 0.3) is 0 Å². The van der Waals surface area contributed by atoms with Gasteiger partial charge < -0.3 is 20.2 Å². The van der Waals surface area contributed by atoms with E-state index in [1.54, 1.807) is 0 Å². The van der Waals surface area contributed by atoms with Crippen molar-refractivity contribution in [3.05, 3.63) is 0 Å². The molecule has 1 saturated carbocycles. The molecule has 0 bridgehead atoms. The SMILES string of the molecule is CN(C)CCN(CC(=O)O)C1CCCCC1C(CC(=O)O)CC(=O)O. The van der Waals surface area contributed by atoms with Crippen molar-refractivity contribution in [1.29, 1.82) is 0 Å². The summed E-state index contributed by atoms with van der Waals surface area (Å²) in [5, 5.41) is 27.6. The molecule has 2 atom stereocenters. The number of likely N-dealkylation sites (N-methyl/N-ethyl adjacent to an activating group) is 1. The third-order valence-electron chi connectivity index (χ3n) is 4.90. The van der Waals surface area contributed by atoms with Gasteiger partial charge in [-0.2, -0.15) is 0 Å². The minimum absolute atomic E-state index is 0.0894. The molecule has 25 heavy (non-hydrogen) atoms. The fraction of sp³-hybridized carbons (Fsp3) is 0.824. The Bertz CT molecular complexity index is 452. The van der Waals surface area contributed by atoms with Gasteiger partial charge in [-0.05, 0) is 38.8 Å². The van der Waals surface area contributed by atoms with Gasteiger partial charge in [-0.15, -0.1) is 0 Å². The van der Waals surface area contributed by atoms with Gasteiger partial charge in [0.05, 0.1) is 6.54 Å². The Hall–Kier alpha value is -1.67. The molecule has 8 nitrogen and oxygen atoms in total. The Morgan fingerprint density at radius 2 is 1.48 bits per heavy atom. The molecule has 0 spiro atoms. The van der Waals surface area contributed by atoms with Gasteiger partial charge in [0.2, 0.25) is 0 Å². The number of carboxylic acids is 3. The van der Waals surface area contributed by atoms with Crippen LogP contribution in [0.3, 0.4) is 0 Å². The van der Waals surface area contributed by atoms with Crippen molar-refractivity contribution in [2.75, 3.05) is 33.7 Å². The highest BCUT2D eigenvalue weighted by Crippen LogP contribution is 2.37. The van der Waals surface area contributed by atoms with Gasteiger partial charge in [-0.25, -0.2) is 0 Å². The predicted molar refractivity (Wildman–Crippen MR) is 91.5 cm³/mol. The van der Waals surface area contributed by atoms with E-state index in [0.29, 0.717) is 13.1 Å². The fourth-order valence-electron chi connectivity index (χ4n) is 3.83. The van der Waals surface area contributed by atoms with E-state index in [1.807, 2.05) is 23.9 Å². The van der Waals surface area contributed by atoms with Gasteiger partial charge in [0.15, 0.2) is 0 Å². The first-order valence-electron chi connectivity index (χ1n) is 8.74. The van der Waals surface area contributed by atoms with E-state index >= 15 is 0 Å². The molecule has 1 aliphatic rings. The molecule has 0 heterocycles. The van der Waals surface area contributed by atoms with Crippen LogP contribution in [0.1, 0.15) is 38.5 Å². The van der Waals surface area contributed by atoms with E-state index in [-0.39, 0.29) is 31.3 Å². The molecule has 0 amide bonds. The predicted octanol–water partition coefficient (Wildman–Crippen LogP) is 1.06. The largest absolute Gasteiger partial charge is 0.481 e. The third kappa shape index (κ3) is 7.83. The van der Waals surface area contributed by atoms with E-state index in [2.05, 4.69) is 0 Å². The Balaban J connectivity index is 2.99. The van der Waals surface area contributed by atoms with Crippen molar-refractivity contribution >= 4 is 17.9 Å². The molecular weight excluding hydrogens is 328 g/mol. The number of rotatable bonds is 11. The fourth-order valence-corrected chi connectivity index (χ4v) is 3.83. The summed E-state index contributed by atoms with van der Waals surface area (Å²) in [6, 6.07) is -0.0894. The molecule has 0 aromatic carbocycles. The quantitative estimate of drug-likeness (QED) is 0.502. The molecule has 0 radical (unpaired) electrons. The van der Waals surface area contributed by atoms with Crippen LogP contribution in [-0.4, -0.2) is 82.8 Å². The van der Waals surface area contributed by atoms with Crippen LogP contribution >= 0.6 is 0 Å². The molecule has 1 rings (SSSR count). The molecular formula is C17H30N2O6. The van der Waals surface area contributed by atoms with Crippen molar-refractivity contribution in [3.63, 3.8) is 0 Å². The maximum Gasteiger partial charge on any atom is 0.317 e. The van der Waals surface area contributed by atoms with Crippen molar-refractivity contribution in [2.45, 2.75) is 44.6 Å². The summed E-state index contributed by atoms with van der Waals surface area (Å²) in [4.78, 5) is 37.5. The van der Waals surface area contributed by atoms with Crippen LogP contribution in [0.2, 0.25) is 0 Å². The van der Waals surface area contributed by atoms with Gasteiger partial charge in [-0.3, -0.25) is 19.3 Å². The summed E-state index contributed by atoms with van der Waals surface area (Å²) in [6.45, 7) is 1.15. The maximum absolute atomic E-state index is 11.3. The van der Waals surface area contributed by atoms with Crippen LogP contribution in [-0.2, 0) is 14.4 Å². The van der Waals surface area contributed by atoms with Gasteiger partial charge in [0.25, 0.3) is 0 Å². The summed E-state index contributed by atoms with van der Waals surface area (Å²) >= 11 is 0. The Labute approximate surface area is 148 Å². The summed E-state index contributed by atoms with van der Waals surface area (Å²) in [5.74, 6) is -3.52. The number of carboxylic acid groups (broad SMARTS) is 3. The summed E-state index contributed by atoms with van der Waals surface area (Å²) in [6.07, 6.45) is 3.01. The molecule has 2 unspecified atom stereocenters. The monoisotopic (exact) mass is 358 g/mol. The smallest absolute Gasteiger partial charge is 0.317 e. The zero-order valence-electron chi connectivity index (χ0n) is 15.1. The normalized spacial score (nSPS) is 21.0. The van der Waals surface area contributed by atoms with Crippen LogP contribution in [0, 0.1) is 11.8 Å². The van der Waals surface area contributed by atoms with Gasteiger partial charge in [0, 0.05) is 32.0 Å². The number of hydrogen-bond acceptors (Lipinski definition) is 5. The zero-order valence-corrected chi connectivity index (χ0v) is 15.1. The average Bonchev–Trinajstić information content (AvgIpc) is 2.49. The van der Waals surface area contributed by atoms with Gasteiger partial charge in [-0.1, -0.05) is 12.8 Å². The highest BCUT2D eigenvalue weighted by Gasteiger charge is 2.37. The van der Waals surface area contributed by atoms with Crippen LogP contribution in [0.15, 0.2) is 0 Å². The Kier molecular flexibility index (Phi) is 8.85. The van der Waals surface area contributed by atoms with E-state index in [9.17, 15) is 19.5 Å². The van der Waals surface area contributed by atoms with Gasteiger partial charge >= 0.3 is 17.9 Å². The molecule has 1 aliphatic carbocycles. The Morgan fingerprint density at radius 3 is 1.96 bits per heavy atom. The van der Waals surface area contributed by atoms with Crippen molar-refractivity contribution in [1.82, 2.24) is 9.80 Å². The third-order valence-corrected chi connectivity index (χ3v) is 4.90. The minimum Gasteiger partial charge on any atom is -0.481 e. The van der Waals surface area contributed by atoms with E-state index < -0.39 is 23.8 Å². The minimum atomic E-state index is -1.01. The lowest BCUT2D eigenvalue weighted by molar-refractivity contribution is -0.144. The molecule has 0 aromatic rings. The van der Waals surface area contributed by atoms with Crippen molar-refractivity contribution in [2.24, 2.45) is 11.8 Å². The molecule has 0 aliphatic heterocycles. The molecule has 3 N–H and O–H groups in total. The van der Waals surface area contributed by atoms with Crippen LogP contribution in [0.4, 0.5) is 0 Å². The second kappa shape index (κ2) is 10.4. The lowest BCUT2D eigenvalue weighted by Gasteiger charge is -2.42. The highest BCUT2D eigenvalue weighted by molar-refractivity contribution is 5.71. The molecule has 8 heteroatoms. The highest BCUT2D eigenvalue weighted by atomic mass is 16.4. The van der Waals surface area contributed by atoms with E-state index in [1.165, 1.54) is 0 Å². The first kappa shape index (κ1) is 21.4. The molecule has 0 aromatic heterocycles. The summed E-state index contributed by atoms with van der Waals surface area (Å²) in [5.41, 5.74) is 0.